The number of ketones is 1. The molecule has 2 heteroatoms. The Balaban J connectivity index is 2.30. The molecule has 1 aromatic rings. The lowest BCUT2D eigenvalue weighted by Gasteiger charge is -2.00. The highest BCUT2D eigenvalue weighted by molar-refractivity contribution is 5.78. The molecule has 0 saturated heterocycles. The quantitative estimate of drug-likeness (QED) is 0.699. The van der Waals surface area contributed by atoms with Gasteiger partial charge in [0, 0.05) is 12.8 Å². The van der Waals surface area contributed by atoms with Crippen LogP contribution in [0.15, 0.2) is 24.3 Å². The minimum Gasteiger partial charge on any atom is -0.300 e. The number of carbonyl (C=O) groups excluding carboxylic acids is 1. The SMILES string of the molecule is CCCCC(=O)CCc1ccc(F)cc1. The van der Waals surface area contributed by atoms with E-state index < -0.39 is 0 Å². The van der Waals surface area contributed by atoms with Gasteiger partial charge < -0.3 is 0 Å². The molecule has 0 unspecified atom stereocenters. The van der Waals surface area contributed by atoms with E-state index in [4.69, 9.17) is 0 Å². The number of rotatable bonds is 6. The molecule has 0 amide bonds. The molecule has 0 radical (unpaired) electrons. The van der Waals surface area contributed by atoms with Crippen LogP contribution in [-0.2, 0) is 11.2 Å². The lowest BCUT2D eigenvalue weighted by molar-refractivity contribution is -0.119. The molecule has 0 saturated carbocycles. The van der Waals surface area contributed by atoms with E-state index in [9.17, 15) is 9.18 Å². The van der Waals surface area contributed by atoms with Crippen LogP contribution in [0.5, 0.6) is 0 Å². The third-order valence-corrected chi connectivity index (χ3v) is 2.41. The minimum absolute atomic E-state index is 0.226. The van der Waals surface area contributed by atoms with Gasteiger partial charge >= 0.3 is 0 Å². The van der Waals surface area contributed by atoms with Crippen molar-refractivity contribution in [3.8, 4) is 0 Å². The zero-order valence-electron chi connectivity index (χ0n) is 9.13. The summed E-state index contributed by atoms with van der Waals surface area (Å²) in [5.41, 5.74) is 1.03. The molecular weight excluding hydrogens is 191 g/mol. The molecule has 0 aliphatic rings. The Morgan fingerprint density at radius 3 is 2.47 bits per heavy atom. The first-order valence-corrected chi connectivity index (χ1v) is 5.48. The molecule has 1 aromatic carbocycles. The van der Waals surface area contributed by atoms with Crippen LogP contribution in [0.25, 0.3) is 0 Å². The first-order valence-electron chi connectivity index (χ1n) is 5.48. The van der Waals surface area contributed by atoms with Crippen molar-refractivity contribution in [3.05, 3.63) is 35.6 Å². The molecule has 82 valence electrons. The number of unbranched alkanes of at least 4 members (excludes halogenated alkanes) is 1. The van der Waals surface area contributed by atoms with Crippen molar-refractivity contribution in [1.29, 1.82) is 0 Å². The van der Waals surface area contributed by atoms with Crippen LogP contribution >= 0.6 is 0 Å². The van der Waals surface area contributed by atoms with E-state index in [0.29, 0.717) is 18.6 Å². The zero-order chi connectivity index (χ0) is 11.1. The van der Waals surface area contributed by atoms with Crippen molar-refractivity contribution in [2.45, 2.75) is 39.0 Å². The van der Waals surface area contributed by atoms with Crippen LogP contribution in [0, 0.1) is 5.82 Å². The molecule has 0 atom stereocenters. The smallest absolute Gasteiger partial charge is 0.133 e. The van der Waals surface area contributed by atoms with E-state index >= 15 is 0 Å². The van der Waals surface area contributed by atoms with Gasteiger partial charge in [-0.3, -0.25) is 4.79 Å². The number of aryl methyl sites for hydroxylation is 1. The zero-order valence-corrected chi connectivity index (χ0v) is 9.13. The first kappa shape index (κ1) is 11.9. The van der Waals surface area contributed by atoms with Crippen molar-refractivity contribution in [1.82, 2.24) is 0 Å². The molecule has 0 aromatic heterocycles. The van der Waals surface area contributed by atoms with Crippen molar-refractivity contribution in [2.75, 3.05) is 0 Å². The molecule has 1 rings (SSSR count). The summed E-state index contributed by atoms with van der Waals surface area (Å²) in [6.07, 6.45) is 4.01. The highest BCUT2D eigenvalue weighted by Gasteiger charge is 2.02. The second kappa shape index (κ2) is 6.33. The topological polar surface area (TPSA) is 17.1 Å². The molecule has 0 aliphatic carbocycles. The number of hydrogen-bond donors (Lipinski definition) is 0. The largest absolute Gasteiger partial charge is 0.300 e. The van der Waals surface area contributed by atoms with Gasteiger partial charge in [-0.2, -0.15) is 0 Å². The van der Waals surface area contributed by atoms with Crippen molar-refractivity contribution in [3.63, 3.8) is 0 Å². The van der Waals surface area contributed by atoms with Gasteiger partial charge in [-0.15, -0.1) is 0 Å². The Kier molecular flexibility index (Phi) is 5.02. The molecule has 1 nitrogen and oxygen atoms in total. The lowest BCUT2D eigenvalue weighted by Crippen LogP contribution is -1.99. The molecule has 0 bridgehead atoms. The van der Waals surface area contributed by atoms with Crippen LogP contribution in [0.4, 0.5) is 4.39 Å². The van der Waals surface area contributed by atoms with Crippen LogP contribution in [0.3, 0.4) is 0 Å². The maximum Gasteiger partial charge on any atom is 0.133 e. The summed E-state index contributed by atoms with van der Waals surface area (Å²) in [7, 11) is 0. The van der Waals surface area contributed by atoms with Gasteiger partial charge in [0.05, 0.1) is 0 Å². The van der Waals surface area contributed by atoms with E-state index in [2.05, 4.69) is 6.92 Å². The minimum atomic E-state index is -0.226. The van der Waals surface area contributed by atoms with Gasteiger partial charge in [0.1, 0.15) is 11.6 Å². The van der Waals surface area contributed by atoms with E-state index in [-0.39, 0.29) is 5.82 Å². The monoisotopic (exact) mass is 208 g/mol. The Bertz CT molecular complexity index is 303. The summed E-state index contributed by atoms with van der Waals surface area (Å²) in [5, 5.41) is 0. The van der Waals surface area contributed by atoms with E-state index in [1.54, 1.807) is 12.1 Å². The molecule has 0 N–H and O–H groups in total. The van der Waals surface area contributed by atoms with Gasteiger partial charge in [0.2, 0.25) is 0 Å². The van der Waals surface area contributed by atoms with Crippen LogP contribution in [0.1, 0.15) is 38.2 Å². The fraction of sp³-hybridized carbons (Fsp3) is 0.462. The maximum absolute atomic E-state index is 12.6. The van der Waals surface area contributed by atoms with Crippen molar-refractivity contribution in [2.24, 2.45) is 0 Å². The lowest BCUT2D eigenvalue weighted by atomic mass is 10.0. The molecule has 0 fully saturated rings. The Morgan fingerprint density at radius 1 is 1.20 bits per heavy atom. The summed E-state index contributed by atoms with van der Waals surface area (Å²) in [6.45, 7) is 2.08. The second-order valence-electron chi connectivity index (χ2n) is 3.77. The molecule has 0 heterocycles. The van der Waals surface area contributed by atoms with Crippen molar-refractivity contribution < 1.29 is 9.18 Å². The first-order chi connectivity index (χ1) is 7.22. The van der Waals surface area contributed by atoms with E-state index in [1.165, 1.54) is 12.1 Å². The third-order valence-electron chi connectivity index (χ3n) is 2.41. The number of hydrogen-bond acceptors (Lipinski definition) is 1. The average Bonchev–Trinajstić information content (AvgIpc) is 2.25. The molecule has 0 aliphatic heterocycles. The van der Waals surface area contributed by atoms with E-state index in [1.807, 2.05) is 0 Å². The Morgan fingerprint density at radius 2 is 1.87 bits per heavy atom. The summed E-state index contributed by atoms with van der Waals surface area (Å²) < 4.78 is 12.6. The van der Waals surface area contributed by atoms with Gasteiger partial charge in [-0.1, -0.05) is 25.5 Å². The Labute approximate surface area is 90.3 Å². The molecule has 15 heavy (non-hydrogen) atoms. The number of benzene rings is 1. The number of halogens is 1. The van der Waals surface area contributed by atoms with Crippen LogP contribution < -0.4 is 0 Å². The fourth-order valence-electron chi connectivity index (χ4n) is 1.43. The predicted octanol–water partition coefficient (Wildman–Crippen LogP) is 3.52. The van der Waals surface area contributed by atoms with Gasteiger partial charge in [-0.05, 0) is 30.5 Å². The average molecular weight is 208 g/mol. The standard InChI is InChI=1S/C13H17FO/c1-2-3-4-13(15)10-7-11-5-8-12(14)9-6-11/h5-6,8-9H,2-4,7,10H2,1H3. The van der Waals surface area contributed by atoms with Gasteiger partial charge in [-0.25, -0.2) is 4.39 Å². The molecule has 0 spiro atoms. The summed E-state index contributed by atoms with van der Waals surface area (Å²) in [4.78, 5) is 11.4. The Hall–Kier alpha value is -1.18. The highest BCUT2D eigenvalue weighted by Crippen LogP contribution is 2.07. The van der Waals surface area contributed by atoms with Gasteiger partial charge in [0.25, 0.3) is 0 Å². The molecular formula is C13H17FO. The van der Waals surface area contributed by atoms with Crippen molar-refractivity contribution >= 4 is 5.78 Å². The normalized spacial score (nSPS) is 10.3. The summed E-state index contributed by atoms with van der Waals surface area (Å²) in [5.74, 6) is 0.0808. The maximum atomic E-state index is 12.6. The van der Waals surface area contributed by atoms with Gasteiger partial charge in [0.15, 0.2) is 0 Å². The third kappa shape index (κ3) is 4.73. The van der Waals surface area contributed by atoms with E-state index in [0.717, 1.165) is 24.8 Å². The summed E-state index contributed by atoms with van der Waals surface area (Å²) in [6, 6.07) is 6.35. The van der Waals surface area contributed by atoms with Crippen LogP contribution in [-0.4, -0.2) is 5.78 Å². The summed E-state index contributed by atoms with van der Waals surface area (Å²) >= 11 is 0. The number of carbonyl (C=O) groups is 1. The fourth-order valence-corrected chi connectivity index (χ4v) is 1.43. The van der Waals surface area contributed by atoms with Crippen LogP contribution in [0.2, 0.25) is 0 Å². The highest BCUT2D eigenvalue weighted by atomic mass is 19.1. The second-order valence-corrected chi connectivity index (χ2v) is 3.77. The number of Topliss-reactive ketones (excluding diaryl/α,β-unsaturated/α-hetero) is 1. The predicted molar refractivity (Wildman–Crippen MR) is 59.3 cm³/mol.